The number of aromatic hydroxyl groups is 1. The Bertz CT molecular complexity index is 369. The third-order valence-electron chi connectivity index (χ3n) is 3.27. The van der Waals surface area contributed by atoms with Crippen LogP contribution in [-0.2, 0) is 11.3 Å². The van der Waals surface area contributed by atoms with E-state index in [0.29, 0.717) is 30.6 Å². The zero-order valence-corrected chi connectivity index (χ0v) is 11.5. The third kappa shape index (κ3) is 4.20. The molecular weight excluding hydrogens is 228 g/mol. The van der Waals surface area contributed by atoms with Crippen molar-refractivity contribution >= 4 is 5.69 Å². The fourth-order valence-corrected chi connectivity index (χ4v) is 1.87. The second-order valence-electron chi connectivity index (χ2n) is 4.61. The number of nitrogens with two attached hydrogens (primary N) is 1. The van der Waals surface area contributed by atoms with E-state index in [9.17, 15) is 5.11 Å². The van der Waals surface area contributed by atoms with Crippen molar-refractivity contribution in [3.8, 4) is 5.75 Å². The number of rotatable bonds is 7. The molecule has 1 aromatic rings. The molecule has 0 aliphatic rings. The van der Waals surface area contributed by atoms with Crippen LogP contribution in [0.2, 0.25) is 0 Å². The second-order valence-corrected chi connectivity index (χ2v) is 4.61. The SMILES string of the molecule is CCC(C)N(CCOC)Cc1cc(N)ccc1O. The summed E-state index contributed by atoms with van der Waals surface area (Å²) in [5.74, 6) is 0.301. The van der Waals surface area contributed by atoms with Crippen LogP contribution in [-0.4, -0.2) is 36.3 Å². The highest BCUT2D eigenvalue weighted by Crippen LogP contribution is 2.22. The molecule has 0 saturated carbocycles. The molecule has 0 aliphatic carbocycles. The number of nitrogens with zero attached hydrogens (tertiary/aromatic N) is 1. The summed E-state index contributed by atoms with van der Waals surface area (Å²) in [6.45, 7) is 6.56. The summed E-state index contributed by atoms with van der Waals surface area (Å²) in [6, 6.07) is 5.63. The maximum Gasteiger partial charge on any atom is 0.120 e. The molecule has 18 heavy (non-hydrogen) atoms. The minimum absolute atomic E-state index is 0.301. The van der Waals surface area contributed by atoms with Crippen LogP contribution in [0.25, 0.3) is 0 Å². The minimum atomic E-state index is 0.301. The average molecular weight is 252 g/mol. The summed E-state index contributed by atoms with van der Waals surface area (Å²) in [5, 5.41) is 9.85. The summed E-state index contributed by atoms with van der Waals surface area (Å²) in [6.07, 6.45) is 1.06. The van der Waals surface area contributed by atoms with Crippen molar-refractivity contribution in [3.63, 3.8) is 0 Å². The first-order valence-corrected chi connectivity index (χ1v) is 6.38. The number of hydrogen-bond donors (Lipinski definition) is 2. The molecule has 102 valence electrons. The van der Waals surface area contributed by atoms with E-state index in [1.54, 1.807) is 19.2 Å². The van der Waals surface area contributed by atoms with Crippen LogP contribution in [0.1, 0.15) is 25.8 Å². The Morgan fingerprint density at radius 3 is 2.78 bits per heavy atom. The van der Waals surface area contributed by atoms with Gasteiger partial charge in [-0.15, -0.1) is 0 Å². The molecule has 1 atom stereocenters. The zero-order chi connectivity index (χ0) is 13.5. The predicted molar refractivity (Wildman–Crippen MR) is 74.6 cm³/mol. The number of hydrogen-bond acceptors (Lipinski definition) is 4. The summed E-state index contributed by atoms with van der Waals surface area (Å²) in [7, 11) is 1.70. The number of benzene rings is 1. The molecule has 4 heteroatoms. The van der Waals surface area contributed by atoms with E-state index in [1.165, 1.54) is 0 Å². The highest BCUT2D eigenvalue weighted by molar-refractivity contribution is 5.47. The first-order valence-electron chi connectivity index (χ1n) is 6.38. The number of ether oxygens (including phenoxy) is 1. The summed E-state index contributed by atoms with van der Waals surface area (Å²) >= 11 is 0. The monoisotopic (exact) mass is 252 g/mol. The lowest BCUT2D eigenvalue weighted by Gasteiger charge is -2.28. The lowest BCUT2D eigenvalue weighted by atomic mass is 10.1. The molecule has 0 radical (unpaired) electrons. The van der Waals surface area contributed by atoms with E-state index in [1.807, 2.05) is 6.07 Å². The molecule has 0 spiro atoms. The fraction of sp³-hybridized carbons (Fsp3) is 0.571. The number of phenolic OH excluding ortho intramolecular Hbond substituents is 1. The predicted octanol–water partition coefficient (Wildman–Crippen LogP) is 2.22. The lowest BCUT2D eigenvalue weighted by Crippen LogP contribution is -2.34. The van der Waals surface area contributed by atoms with Crippen molar-refractivity contribution < 1.29 is 9.84 Å². The Balaban J connectivity index is 2.77. The van der Waals surface area contributed by atoms with Gasteiger partial charge < -0.3 is 15.6 Å². The van der Waals surface area contributed by atoms with Gasteiger partial charge in [-0.2, -0.15) is 0 Å². The minimum Gasteiger partial charge on any atom is -0.508 e. The van der Waals surface area contributed by atoms with Crippen molar-refractivity contribution in [1.29, 1.82) is 0 Å². The Morgan fingerprint density at radius 2 is 2.17 bits per heavy atom. The number of nitrogen functional groups attached to an aromatic ring is 1. The van der Waals surface area contributed by atoms with Crippen molar-refractivity contribution in [1.82, 2.24) is 4.90 Å². The number of phenols is 1. The average Bonchev–Trinajstić information content (AvgIpc) is 2.37. The van der Waals surface area contributed by atoms with Gasteiger partial charge in [-0.3, -0.25) is 4.90 Å². The van der Waals surface area contributed by atoms with Gasteiger partial charge in [0, 0.05) is 37.5 Å². The summed E-state index contributed by atoms with van der Waals surface area (Å²) < 4.78 is 5.13. The van der Waals surface area contributed by atoms with Crippen LogP contribution in [0.3, 0.4) is 0 Å². The van der Waals surface area contributed by atoms with Crippen LogP contribution >= 0.6 is 0 Å². The van der Waals surface area contributed by atoms with Gasteiger partial charge in [-0.25, -0.2) is 0 Å². The third-order valence-corrected chi connectivity index (χ3v) is 3.27. The standard InChI is InChI=1S/C14H24N2O2/c1-4-11(2)16(7-8-18-3)10-12-9-13(15)5-6-14(12)17/h5-6,9,11,17H,4,7-8,10,15H2,1-3H3. The zero-order valence-electron chi connectivity index (χ0n) is 11.5. The van der Waals surface area contributed by atoms with Crippen LogP contribution in [0, 0.1) is 0 Å². The molecule has 1 unspecified atom stereocenters. The lowest BCUT2D eigenvalue weighted by molar-refractivity contribution is 0.117. The number of anilines is 1. The van der Waals surface area contributed by atoms with Crippen molar-refractivity contribution in [2.24, 2.45) is 0 Å². The van der Waals surface area contributed by atoms with E-state index in [2.05, 4.69) is 18.7 Å². The molecular formula is C14H24N2O2. The van der Waals surface area contributed by atoms with Crippen LogP contribution in [0.4, 0.5) is 5.69 Å². The maximum absolute atomic E-state index is 9.85. The highest BCUT2D eigenvalue weighted by atomic mass is 16.5. The van der Waals surface area contributed by atoms with Gasteiger partial charge in [0.15, 0.2) is 0 Å². The molecule has 1 rings (SSSR count). The Kier molecular flexibility index (Phi) is 5.95. The molecule has 0 fully saturated rings. The second kappa shape index (κ2) is 7.24. The highest BCUT2D eigenvalue weighted by Gasteiger charge is 2.14. The Hall–Kier alpha value is -1.26. The van der Waals surface area contributed by atoms with E-state index in [0.717, 1.165) is 18.5 Å². The first kappa shape index (κ1) is 14.8. The number of methoxy groups -OCH3 is 1. The van der Waals surface area contributed by atoms with E-state index in [4.69, 9.17) is 10.5 Å². The molecule has 0 heterocycles. The topological polar surface area (TPSA) is 58.7 Å². The van der Waals surface area contributed by atoms with E-state index >= 15 is 0 Å². The molecule has 0 bridgehead atoms. The largest absolute Gasteiger partial charge is 0.508 e. The van der Waals surface area contributed by atoms with Gasteiger partial charge >= 0.3 is 0 Å². The van der Waals surface area contributed by atoms with Crippen LogP contribution in [0.15, 0.2) is 18.2 Å². The van der Waals surface area contributed by atoms with Crippen LogP contribution in [0.5, 0.6) is 5.75 Å². The van der Waals surface area contributed by atoms with Gasteiger partial charge in [0.05, 0.1) is 6.61 Å². The summed E-state index contributed by atoms with van der Waals surface area (Å²) in [5.41, 5.74) is 7.30. The quantitative estimate of drug-likeness (QED) is 0.577. The van der Waals surface area contributed by atoms with Gasteiger partial charge in [-0.05, 0) is 31.5 Å². The molecule has 4 nitrogen and oxygen atoms in total. The Labute approximate surface area is 109 Å². The van der Waals surface area contributed by atoms with Crippen molar-refractivity contribution in [2.75, 3.05) is 26.0 Å². The molecule has 3 N–H and O–H groups in total. The molecule has 0 amide bonds. The summed E-state index contributed by atoms with van der Waals surface area (Å²) in [4.78, 5) is 2.29. The molecule has 0 aliphatic heterocycles. The molecule has 1 aromatic carbocycles. The van der Waals surface area contributed by atoms with Crippen molar-refractivity contribution in [2.45, 2.75) is 32.9 Å². The van der Waals surface area contributed by atoms with Crippen LogP contribution < -0.4 is 5.73 Å². The van der Waals surface area contributed by atoms with E-state index < -0.39 is 0 Å². The fourth-order valence-electron chi connectivity index (χ4n) is 1.87. The van der Waals surface area contributed by atoms with E-state index in [-0.39, 0.29) is 0 Å². The van der Waals surface area contributed by atoms with Gasteiger partial charge in [-0.1, -0.05) is 6.92 Å². The Morgan fingerprint density at radius 1 is 1.44 bits per heavy atom. The smallest absolute Gasteiger partial charge is 0.120 e. The van der Waals surface area contributed by atoms with Gasteiger partial charge in [0.25, 0.3) is 0 Å². The normalized spacial score (nSPS) is 12.9. The van der Waals surface area contributed by atoms with Crippen molar-refractivity contribution in [3.05, 3.63) is 23.8 Å². The molecule has 0 saturated heterocycles. The molecule has 0 aromatic heterocycles. The van der Waals surface area contributed by atoms with Gasteiger partial charge in [0.2, 0.25) is 0 Å². The maximum atomic E-state index is 9.85. The van der Waals surface area contributed by atoms with Gasteiger partial charge in [0.1, 0.15) is 5.75 Å². The first-order chi connectivity index (χ1) is 8.58.